The van der Waals surface area contributed by atoms with Gasteiger partial charge in [-0.15, -0.1) is 0 Å². The fraction of sp³-hybridized carbons (Fsp3) is 0.534. The van der Waals surface area contributed by atoms with E-state index in [1.807, 2.05) is 66.1 Å². The molecule has 0 bridgehead atoms. The van der Waals surface area contributed by atoms with Crippen LogP contribution in [0.3, 0.4) is 0 Å². The topological polar surface area (TPSA) is 211 Å². The first-order valence-electron chi connectivity index (χ1n) is 28.5. The molecule has 1 saturated carbocycles. The quantitative estimate of drug-likeness (QED) is 0.0604. The summed E-state index contributed by atoms with van der Waals surface area (Å²) in [6, 6.07) is 10.9. The van der Waals surface area contributed by atoms with Crippen molar-refractivity contribution in [1.82, 2.24) is 62.7 Å². The maximum atomic E-state index is 12.7. The van der Waals surface area contributed by atoms with Gasteiger partial charge in [-0.05, 0) is 145 Å². The summed E-state index contributed by atoms with van der Waals surface area (Å²) in [7, 11) is -2.39. The highest BCUT2D eigenvalue weighted by atomic mass is 32.1. The summed E-state index contributed by atoms with van der Waals surface area (Å²) >= 11 is 2.73. The number of rotatable bonds is 18. The molecule has 10 rings (SSSR count). The molecule has 1 aliphatic carbocycles. The number of amides is 1. The third-order valence-corrected chi connectivity index (χ3v) is 19.3. The van der Waals surface area contributed by atoms with Crippen molar-refractivity contribution in [3.63, 3.8) is 0 Å². The van der Waals surface area contributed by atoms with Crippen LogP contribution in [0.15, 0.2) is 49.1 Å². The summed E-state index contributed by atoms with van der Waals surface area (Å²) in [6.45, 7) is 31.2. The van der Waals surface area contributed by atoms with Crippen molar-refractivity contribution in [3.8, 4) is 43.9 Å². The van der Waals surface area contributed by atoms with Crippen molar-refractivity contribution in [1.29, 1.82) is 0 Å². The van der Waals surface area contributed by atoms with E-state index in [1.165, 1.54) is 55.2 Å². The van der Waals surface area contributed by atoms with E-state index < -0.39 is 21.7 Å². The van der Waals surface area contributed by atoms with Gasteiger partial charge in [-0.25, -0.2) is 44.7 Å². The largest absolute Gasteiger partial charge is 0.444 e. The third-order valence-electron chi connectivity index (χ3n) is 14.2. The maximum absolute atomic E-state index is 12.7. The predicted octanol–water partition coefficient (Wildman–Crippen LogP) is 13.4. The maximum Gasteiger partial charge on any atom is 0.410 e. The van der Waals surface area contributed by atoms with Crippen molar-refractivity contribution in [2.75, 3.05) is 36.9 Å². The molecule has 8 aromatic heterocycles. The molecule has 0 unspecified atom stereocenters. The Morgan fingerprint density at radius 1 is 0.630 bits per heavy atom. The second kappa shape index (κ2) is 25.6. The van der Waals surface area contributed by atoms with Crippen molar-refractivity contribution in [2.45, 2.75) is 176 Å². The second-order valence-electron chi connectivity index (χ2n) is 25.0. The number of nitrogens with one attached hydrogen (secondary N) is 2. The van der Waals surface area contributed by atoms with Crippen molar-refractivity contribution >= 4 is 79.3 Å². The molecule has 8 aromatic rings. The highest BCUT2D eigenvalue weighted by molar-refractivity contribution is 7.09. The summed E-state index contributed by atoms with van der Waals surface area (Å²) < 4.78 is 30.7. The number of hydrogen-bond acceptors (Lipinski definition) is 18. The first kappa shape index (κ1) is 59.5. The summed E-state index contributed by atoms with van der Waals surface area (Å²) in [4.78, 5) is 52.8. The molecule has 1 atom stereocenters. The van der Waals surface area contributed by atoms with E-state index in [9.17, 15) is 4.79 Å². The number of piperidine rings is 1. The number of aromatic nitrogens is 12. The number of fused-ring (bicyclic) bond motifs is 2. The lowest BCUT2D eigenvalue weighted by Gasteiger charge is -2.34. The standard InChI is InChI=1S/C31H44N8O3SSi.C27H37N7OSSi/c1-20-16-32-29(34-22-10-9-13-38(17-22)30(40)42-31(3,4)5)36-26(20)24-18-39(19-41-14-15-44(6,7)8)27-23(24)11-12-25(35-27)28-33-21(2)37-43-28;1-18-15-28-27(30-20-9-7-6-8-10-20)32-24(18)22-16-34(17-35-13-14-37(3,4)5)25-21(22)11-12-23(31-25)26-29-19(2)33-36-26/h11-12,16,18,22H,9-10,13-15,17,19H2,1-8H3,(H,32,34,36);11-12,15-16,20H,6-10,13-14,17H2,1-5H3,(H,28,30,32)/t22-;/m0./s1. The molecule has 2 aliphatic rings. The van der Waals surface area contributed by atoms with E-state index in [4.69, 9.17) is 34.1 Å². The van der Waals surface area contributed by atoms with Crippen molar-refractivity contribution < 1.29 is 19.0 Å². The number of likely N-dealkylation sites (tertiary alicyclic amines) is 1. The molecule has 0 radical (unpaired) electrons. The Labute approximate surface area is 486 Å². The number of ether oxygens (including phenoxy) is 3. The summed E-state index contributed by atoms with van der Waals surface area (Å²) in [6.07, 6.45) is 15.7. The van der Waals surface area contributed by atoms with Crippen LogP contribution in [0.5, 0.6) is 0 Å². The zero-order valence-corrected chi connectivity index (χ0v) is 53.3. The van der Waals surface area contributed by atoms with Gasteiger partial charge in [0.25, 0.3) is 0 Å². The Morgan fingerprint density at radius 3 is 1.54 bits per heavy atom. The van der Waals surface area contributed by atoms with Crippen LogP contribution in [0.25, 0.3) is 66.0 Å². The molecule has 0 spiro atoms. The molecule has 0 aromatic carbocycles. The molecule has 9 heterocycles. The average Bonchev–Trinajstić information content (AvgIpc) is 4.23. The van der Waals surface area contributed by atoms with Gasteiger partial charge in [0.1, 0.15) is 53.4 Å². The Bertz CT molecular complexity index is 3440. The normalized spacial score (nSPS) is 15.5. The summed E-state index contributed by atoms with van der Waals surface area (Å²) in [5, 5.41) is 10.7. The molecular formula is C58H81N15O4S2Si2. The van der Waals surface area contributed by atoms with Gasteiger partial charge < -0.3 is 38.9 Å². The van der Waals surface area contributed by atoms with Gasteiger partial charge in [-0.3, -0.25) is 0 Å². The van der Waals surface area contributed by atoms with Gasteiger partial charge in [0, 0.05) is 101 Å². The lowest BCUT2D eigenvalue weighted by Crippen LogP contribution is -2.47. The number of aryl methyl sites for hydroxylation is 4. The van der Waals surface area contributed by atoms with Gasteiger partial charge in [0.15, 0.2) is 10.0 Å². The molecule has 81 heavy (non-hydrogen) atoms. The minimum atomic E-state index is -1.22. The van der Waals surface area contributed by atoms with E-state index in [1.54, 1.807) is 4.90 Å². The number of pyridine rings is 2. The van der Waals surface area contributed by atoms with Crippen LogP contribution in [0.1, 0.15) is 88.5 Å². The first-order valence-corrected chi connectivity index (χ1v) is 37.4. The molecule has 1 saturated heterocycles. The van der Waals surface area contributed by atoms with Crippen LogP contribution in [0.4, 0.5) is 16.7 Å². The van der Waals surface area contributed by atoms with E-state index in [0.29, 0.717) is 51.1 Å². The summed E-state index contributed by atoms with van der Waals surface area (Å²) in [5.41, 5.74) is 8.51. The Balaban J connectivity index is 0.000000198. The SMILES string of the molecule is Cc1nsc(-c2ccc3c(-c4nc(NC5CCCCC5)ncc4C)cn(COCC[Si](C)(C)C)c3n2)n1.Cc1nsc(-c2ccc3c(-c4nc(N[C@H]5CCCN(C(=O)OC(C)(C)C)C5)ncc4C)cn(COCC[Si](C)(C)C)c3n2)n1. The predicted molar refractivity (Wildman–Crippen MR) is 331 cm³/mol. The van der Waals surface area contributed by atoms with Crippen molar-refractivity contribution in [2.24, 2.45) is 0 Å². The third kappa shape index (κ3) is 15.9. The Morgan fingerprint density at radius 2 is 1.10 bits per heavy atom. The first-order chi connectivity index (χ1) is 38.5. The molecular weight excluding hydrogens is 1090 g/mol. The van der Waals surface area contributed by atoms with Gasteiger partial charge >= 0.3 is 6.09 Å². The van der Waals surface area contributed by atoms with Crippen LogP contribution in [0.2, 0.25) is 51.4 Å². The van der Waals surface area contributed by atoms with Gasteiger partial charge in [0.2, 0.25) is 11.9 Å². The minimum absolute atomic E-state index is 0.0209. The van der Waals surface area contributed by atoms with Crippen LogP contribution >= 0.6 is 23.1 Å². The van der Waals surface area contributed by atoms with Crippen LogP contribution < -0.4 is 10.6 Å². The zero-order valence-electron chi connectivity index (χ0n) is 49.6. The Kier molecular flexibility index (Phi) is 18.8. The average molecular weight is 1170 g/mol. The molecule has 2 N–H and O–H groups in total. The summed E-state index contributed by atoms with van der Waals surface area (Å²) in [5.74, 6) is 2.74. The number of carbonyl (C=O) groups excluding carboxylic acids is 1. The monoisotopic (exact) mass is 1170 g/mol. The van der Waals surface area contributed by atoms with Crippen LogP contribution in [-0.4, -0.2) is 129 Å². The second-order valence-corrected chi connectivity index (χ2v) is 37.7. The minimum Gasteiger partial charge on any atom is -0.444 e. The number of carbonyl (C=O) groups is 1. The number of nitrogens with zero attached hydrogens (tertiary/aromatic N) is 13. The molecule has 19 nitrogen and oxygen atoms in total. The molecule has 432 valence electrons. The zero-order chi connectivity index (χ0) is 57.6. The highest BCUT2D eigenvalue weighted by Crippen LogP contribution is 2.36. The Hall–Kier alpha value is -6.12. The lowest BCUT2D eigenvalue weighted by atomic mass is 9.96. The molecule has 1 amide bonds. The number of anilines is 2. The molecule has 2 fully saturated rings. The number of hydrogen-bond donors (Lipinski definition) is 2. The van der Waals surface area contributed by atoms with Gasteiger partial charge in [-0.2, -0.15) is 8.75 Å². The van der Waals surface area contributed by atoms with E-state index in [0.717, 1.165) is 120 Å². The molecule has 1 aliphatic heterocycles. The van der Waals surface area contributed by atoms with Gasteiger partial charge in [-0.1, -0.05) is 58.5 Å². The fourth-order valence-corrected chi connectivity index (χ4v) is 12.6. The van der Waals surface area contributed by atoms with E-state index in [-0.39, 0.29) is 12.1 Å². The van der Waals surface area contributed by atoms with E-state index in [2.05, 4.69) is 119 Å². The molecule has 23 heteroatoms. The van der Waals surface area contributed by atoms with E-state index >= 15 is 0 Å². The van der Waals surface area contributed by atoms with Crippen LogP contribution in [0, 0.1) is 27.7 Å². The van der Waals surface area contributed by atoms with Crippen molar-refractivity contribution in [3.05, 3.63) is 71.8 Å². The van der Waals surface area contributed by atoms with Gasteiger partial charge in [0.05, 0.1) is 11.4 Å². The van der Waals surface area contributed by atoms with Crippen LogP contribution in [-0.2, 0) is 27.7 Å². The lowest BCUT2D eigenvalue weighted by molar-refractivity contribution is 0.0206. The fourth-order valence-electron chi connectivity index (χ4n) is 9.79. The smallest absolute Gasteiger partial charge is 0.410 e. The highest BCUT2D eigenvalue weighted by Gasteiger charge is 2.29.